The SMILES string of the molecule is C=C(C)CCC(=O)C(C)C. The van der Waals surface area contributed by atoms with Gasteiger partial charge in [-0.2, -0.15) is 0 Å². The summed E-state index contributed by atoms with van der Waals surface area (Å²) in [6, 6.07) is 0. The summed E-state index contributed by atoms with van der Waals surface area (Å²) < 4.78 is 0. The molecule has 0 aromatic rings. The van der Waals surface area contributed by atoms with E-state index >= 15 is 0 Å². The van der Waals surface area contributed by atoms with Gasteiger partial charge in [0.15, 0.2) is 0 Å². The molecule has 0 fully saturated rings. The van der Waals surface area contributed by atoms with Gasteiger partial charge in [0.2, 0.25) is 0 Å². The van der Waals surface area contributed by atoms with Gasteiger partial charge in [0.25, 0.3) is 0 Å². The van der Waals surface area contributed by atoms with Crippen molar-refractivity contribution in [1.29, 1.82) is 0 Å². The predicted molar refractivity (Wildman–Crippen MR) is 43.9 cm³/mol. The maximum absolute atomic E-state index is 11.0. The number of carbonyl (C=O) groups is 1. The Hall–Kier alpha value is -0.590. The van der Waals surface area contributed by atoms with Gasteiger partial charge >= 0.3 is 0 Å². The first-order chi connectivity index (χ1) is 4.54. The first kappa shape index (κ1) is 9.41. The van der Waals surface area contributed by atoms with Gasteiger partial charge in [-0.25, -0.2) is 0 Å². The maximum atomic E-state index is 11.0. The summed E-state index contributed by atoms with van der Waals surface area (Å²) in [5.74, 6) is 0.516. The normalized spacial score (nSPS) is 10.0. The molecule has 10 heavy (non-hydrogen) atoms. The third kappa shape index (κ3) is 4.30. The number of rotatable bonds is 4. The van der Waals surface area contributed by atoms with Crippen molar-refractivity contribution in [1.82, 2.24) is 0 Å². The molecule has 0 N–H and O–H groups in total. The molecule has 0 aliphatic carbocycles. The zero-order valence-electron chi connectivity index (χ0n) is 7.11. The van der Waals surface area contributed by atoms with Gasteiger partial charge in [0.1, 0.15) is 5.78 Å². The molecule has 58 valence electrons. The molecule has 0 atom stereocenters. The molecule has 0 aliphatic rings. The van der Waals surface area contributed by atoms with Gasteiger partial charge in [0.05, 0.1) is 0 Å². The molecule has 0 saturated carbocycles. The van der Waals surface area contributed by atoms with Crippen molar-refractivity contribution < 1.29 is 4.79 Å². The Morgan fingerprint density at radius 2 is 1.90 bits per heavy atom. The van der Waals surface area contributed by atoms with Crippen LogP contribution in [0.15, 0.2) is 12.2 Å². The zero-order chi connectivity index (χ0) is 8.15. The van der Waals surface area contributed by atoms with E-state index in [4.69, 9.17) is 0 Å². The number of hydrogen-bond acceptors (Lipinski definition) is 1. The highest BCUT2D eigenvalue weighted by molar-refractivity contribution is 5.80. The van der Waals surface area contributed by atoms with Crippen molar-refractivity contribution in [3.63, 3.8) is 0 Å². The van der Waals surface area contributed by atoms with E-state index in [0.717, 1.165) is 12.0 Å². The third-order valence-electron chi connectivity index (χ3n) is 1.44. The summed E-state index contributed by atoms with van der Waals surface area (Å²) in [4.78, 5) is 11.0. The number of allylic oxidation sites excluding steroid dienone is 1. The fourth-order valence-electron chi connectivity index (χ4n) is 0.625. The second kappa shape index (κ2) is 4.26. The highest BCUT2D eigenvalue weighted by Crippen LogP contribution is 2.06. The monoisotopic (exact) mass is 140 g/mol. The van der Waals surface area contributed by atoms with Gasteiger partial charge < -0.3 is 0 Å². The van der Waals surface area contributed by atoms with Gasteiger partial charge in [0, 0.05) is 12.3 Å². The molecule has 1 nitrogen and oxygen atoms in total. The fourth-order valence-corrected chi connectivity index (χ4v) is 0.625. The molecule has 0 bridgehead atoms. The molecule has 0 aromatic carbocycles. The summed E-state index contributed by atoms with van der Waals surface area (Å²) in [6.45, 7) is 9.55. The zero-order valence-corrected chi connectivity index (χ0v) is 7.11. The van der Waals surface area contributed by atoms with Crippen molar-refractivity contribution in [3.05, 3.63) is 12.2 Å². The largest absolute Gasteiger partial charge is 0.299 e. The lowest BCUT2D eigenvalue weighted by Crippen LogP contribution is -2.06. The van der Waals surface area contributed by atoms with Crippen molar-refractivity contribution in [2.45, 2.75) is 33.6 Å². The molecule has 0 spiro atoms. The summed E-state index contributed by atoms with van der Waals surface area (Å²) in [5.41, 5.74) is 1.09. The summed E-state index contributed by atoms with van der Waals surface area (Å²) in [5, 5.41) is 0. The van der Waals surface area contributed by atoms with Crippen LogP contribution in [0.25, 0.3) is 0 Å². The molecule has 0 aliphatic heterocycles. The van der Waals surface area contributed by atoms with Crippen molar-refractivity contribution in [2.75, 3.05) is 0 Å². The minimum atomic E-state index is 0.180. The molecule has 0 amide bonds. The van der Waals surface area contributed by atoms with Gasteiger partial charge in [-0.15, -0.1) is 6.58 Å². The van der Waals surface area contributed by atoms with Crippen molar-refractivity contribution in [2.24, 2.45) is 5.92 Å². The van der Waals surface area contributed by atoms with E-state index in [9.17, 15) is 4.79 Å². The van der Waals surface area contributed by atoms with Gasteiger partial charge in [-0.3, -0.25) is 4.79 Å². The summed E-state index contributed by atoms with van der Waals surface area (Å²) in [6.07, 6.45) is 1.50. The Morgan fingerprint density at radius 1 is 1.40 bits per heavy atom. The van der Waals surface area contributed by atoms with E-state index in [1.165, 1.54) is 0 Å². The Morgan fingerprint density at radius 3 is 2.20 bits per heavy atom. The van der Waals surface area contributed by atoms with Crippen LogP contribution in [0.5, 0.6) is 0 Å². The molecule has 0 aromatic heterocycles. The fraction of sp³-hybridized carbons (Fsp3) is 0.667. The van der Waals surface area contributed by atoms with Crippen LogP contribution < -0.4 is 0 Å². The minimum Gasteiger partial charge on any atom is -0.299 e. The van der Waals surface area contributed by atoms with Crippen LogP contribution in [0.1, 0.15) is 33.6 Å². The Kier molecular flexibility index (Phi) is 4.01. The molecule has 0 heterocycles. The van der Waals surface area contributed by atoms with E-state index in [1.807, 2.05) is 20.8 Å². The topological polar surface area (TPSA) is 17.1 Å². The van der Waals surface area contributed by atoms with Crippen LogP contribution in [-0.2, 0) is 4.79 Å². The lowest BCUT2D eigenvalue weighted by molar-refractivity contribution is -0.121. The number of carbonyl (C=O) groups excluding carboxylic acids is 1. The van der Waals surface area contributed by atoms with Crippen molar-refractivity contribution in [3.8, 4) is 0 Å². The van der Waals surface area contributed by atoms with Crippen LogP contribution in [0.2, 0.25) is 0 Å². The van der Waals surface area contributed by atoms with Crippen LogP contribution in [-0.4, -0.2) is 5.78 Å². The Labute approximate surface area is 63.1 Å². The highest BCUT2D eigenvalue weighted by atomic mass is 16.1. The summed E-state index contributed by atoms with van der Waals surface area (Å²) in [7, 11) is 0. The second-order valence-electron chi connectivity index (χ2n) is 3.08. The number of ketones is 1. The Bertz CT molecular complexity index is 134. The number of hydrogen-bond donors (Lipinski definition) is 0. The Balaban J connectivity index is 3.50. The number of Topliss-reactive ketones (excluding diaryl/α,β-unsaturated/α-hetero) is 1. The smallest absolute Gasteiger partial charge is 0.135 e. The average Bonchev–Trinajstić information content (AvgIpc) is 1.82. The molecule has 0 unspecified atom stereocenters. The first-order valence-corrected chi connectivity index (χ1v) is 3.71. The van der Waals surface area contributed by atoms with E-state index in [0.29, 0.717) is 12.2 Å². The molecular formula is C9H16O. The molecule has 0 rings (SSSR count). The minimum absolute atomic E-state index is 0.180. The lowest BCUT2D eigenvalue weighted by Gasteiger charge is -2.02. The van der Waals surface area contributed by atoms with E-state index in [2.05, 4.69) is 6.58 Å². The summed E-state index contributed by atoms with van der Waals surface area (Å²) >= 11 is 0. The van der Waals surface area contributed by atoms with E-state index in [1.54, 1.807) is 0 Å². The van der Waals surface area contributed by atoms with E-state index < -0.39 is 0 Å². The first-order valence-electron chi connectivity index (χ1n) is 3.71. The lowest BCUT2D eigenvalue weighted by atomic mass is 10.0. The predicted octanol–water partition coefficient (Wildman–Crippen LogP) is 2.57. The van der Waals surface area contributed by atoms with E-state index in [-0.39, 0.29) is 5.92 Å². The third-order valence-corrected chi connectivity index (χ3v) is 1.44. The maximum Gasteiger partial charge on any atom is 0.135 e. The standard InChI is InChI=1S/C9H16O/c1-7(2)5-6-9(10)8(3)4/h8H,1,5-6H2,2-4H3. The average molecular weight is 140 g/mol. The molecule has 0 radical (unpaired) electrons. The quantitative estimate of drug-likeness (QED) is 0.548. The van der Waals surface area contributed by atoms with Gasteiger partial charge in [-0.1, -0.05) is 19.4 Å². The molecule has 1 heteroatoms. The van der Waals surface area contributed by atoms with Gasteiger partial charge in [-0.05, 0) is 13.3 Å². The van der Waals surface area contributed by atoms with Crippen LogP contribution in [0.4, 0.5) is 0 Å². The highest BCUT2D eigenvalue weighted by Gasteiger charge is 2.05. The molecular weight excluding hydrogens is 124 g/mol. The molecule has 0 saturated heterocycles. The van der Waals surface area contributed by atoms with Crippen molar-refractivity contribution >= 4 is 5.78 Å². The van der Waals surface area contributed by atoms with Crippen LogP contribution >= 0.6 is 0 Å². The second-order valence-corrected chi connectivity index (χ2v) is 3.08. The van der Waals surface area contributed by atoms with Crippen LogP contribution in [0, 0.1) is 5.92 Å². The van der Waals surface area contributed by atoms with Crippen LogP contribution in [0.3, 0.4) is 0 Å².